The summed E-state index contributed by atoms with van der Waals surface area (Å²) >= 11 is 0. The third-order valence-electron chi connectivity index (χ3n) is 7.80. The van der Waals surface area contributed by atoms with Gasteiger partial charge in [-0.3, -0.25) is 14.4 Å². The molecule has 4 N–H and O–H groups in total. The van der Waals surface area contributed by atoms with E-state index in [1.807, 2.05) is 13.8 Å². The maximum absolute atomic E-state index is 12.9. The second kappa shape index (κ2) is 23.5. The smallest absolute Gasteiger partial charge is 0.306 e. The number of rotatable bonds is 23. The predicted molar refractivity (Wildman–Crippen MR) is 166 cm³/mol. The summed E-state index contributed by atoms with van der Waals surface area (Å²) in [5.41, 5.74) is 0. The third-order valence-corrected chi connectivity index (χ3v) is 7.80. The number of nitrogens with one attached hydrogen (secondary N) is 2. The van der Waals surface area contributed by atoms with Gasteiger partial charge in [-0.25, -0.2) is 0 Å². The fraction of sp³-hybridized carbons (Fsp3) is 0.848. The van der Waals surface area contributed by atoms with Crippen LogP contribution >= 0.6 is 0 Å². The van der Waals surface area contributed by atoms with Crippen molar-refractivity contribution < 1.29 is 34.1 Å². The number of carbonyl (C=O) groups excluding carboxylic acids is 3. The number of aliphatic hydroxyl groups excluding tert-OH is 2. The van der Waals surface area contributed by atoms with E-state index >= 15 is 0 Å². The Balaban J connectivity index is 2.49. The van der Waals surface area contributed by atoms with Crippen LogP contribution in [0.15, 0.2) is 12.2 Å². The molecule has 1 aliphatic heterocycles. The molecular weight excluding hydrogens is 536 g/mol. The summed E-state index contributed by atoms with van der Waals surface area (Å²) in [5.74, 6) is -1.34. The summed E-state index contributed by atoms with van der Waals surface area (Å²) in [7, 11) is 1.24. The van der Waals surface area contributed by atoms with Gasteiger partial charge < -0.3 is 30.3 Å². The molecule has 2 amide bonds. The van der Waals surface area contributed by atoms with Crippen LogP contribution in [0.4, 0.5) is 0 Å². The fourth-order valence-corrected chi connectivity index (χ4v) is 5.16. The number of aliphatic hydroxyl groups is 2. The average Bonchev–Trinajstić information content (AvgIpc) is 3.16. The number of amides is 2. The Hall–Kier alpha value is -1.97. The number of allylic oxidation sites excluding steroid dienone is 1. The van der Waals surface area contributed by atoms with Crippen LogP contribution in [0.5, 0.6) is 0 Å². The van der Waals surface area contributed by atoms with Gasteiger partial charge in [0.2, 0.25) is 5.91 Å². The van der Waals surface area contributed by atoms with Crippen LogP contribution < -0.4 is 10.6 Å². The Kier molecular flexibility index (Phi) is 21.3. The second-order valence-corrected chi connectivity index (χ2v) is 12.1. The van der Waals surface area contributed by atoms with Crippen molar-refractivity contribution in [1.29, 1.82) is 0 Å². The van der Waals surface area contributed by atoms with Gasteiger partial charge in [0.15, 0.2) is 6.10 Å². The van der Waals surface area contributed by atoms with E-state index in [0.717, 1.165) is 25.7 Å². The summed E-state index contributed by atoms with van der Waals surface area (Å²) < 4.78 is 10.8. The Morgan fingerprint density at radius 1 is 0.905 bits per heavy atom. The lowest BCUT2D eigenvalue weighted by atomic mass is 10.00. The third kappa shape index (κ3) is 16.6. The van der Waals surface area contributed by atoms with Crippen molar-refractivity contribution in [3.63, 3.8) is 0 Å². The molecule has 5 unspecified atom stereocenters. The lowest BCUT2D eigenvalue weighted by Crippen LogP contribution is -2.55. The number of hydrogen-bond acceptors (Lipinski definition) is 7. The molecule has 0 bridgehead atoms. The average molecular weight is 597 g/mol. The van der Waals surface area contributed by atoms with Crippen molar-refractivity contribution in [2.24, 2.45) is 5.92 Å². The monoisotopic (exact) mass is 596 g/mol. The van der Waals surface area contributed by atoms with Crippen LogP contribution in [0, 0.1) is 5.92 Å². The molecule has 1 saturated heterocycles. The molecule has 9 heteroatoms. The lowest BCUT2D eigenvalue weighted by Gasteiger charge is -2.30. The number of ether oxygens (including phenoxy) is 2. The molecule has 0 aromatic heterocycles. The summed E-state index contributed by atoms with van der Waals surface area (Å²) in [6.45, 7) is 6.67. The van der Waals surface area contributed by atoms with Crippen LogP contribution in [-0.2, 0) is 23.9 Å². The SMILES string of the molecule is CCCCCCCCCCCCCCCC(=O)OC(C=CC(C)C)C(O)C(O)C(OC)C(=O)NC1CCCCNC1=O. The quantitative estimate of drug-likeness (QED) is 0.0731. The number of unbranched alkanes of at least 4 members (excludes halogenated alkanes) is 12. The minimum absolute atomic E-state index is 0.117. The Morgan fingerprint density at radius 3 is 2.02 bits per heavy atom. The van der Waals surface area contributed by atoms with Crippen LogP contribution in [0.25, 0.3) is 0 Å². The van der Waals surface area contributed by atoms with E-state index in [1.54, 1.807) is 12.2 Å². The highest BCUT2D eigenvalue weighted by atomic mass is 16.6. The molecule has 0 saturated carbocycles. The zero-order valence-electron chi connectivity index (χ0n) is 26.8. The summed E-state index contributed by atoms with van der Waals surface area (Å²) in [5, 5.41) is 27.2. The Labute approximate surface area is 254 Å². The van der Waals surface area contributed by atoms with Gasteiger partial charge in [0.1, 0.15) is 24.4 Å². The highest BCUT2D eigenvalue weighted by Gasteiger charge is 2.38. The van der Waals surface area contributed by atoms with Crippen LogP contribution in [-0.4, -0.2) is 72.1 Å². The zero-order chi connectivity index (χ0) is 31.2. The van der Waals surface area contributed by atoms with Gasteiger partial charge in [0.05, 0.1) is 0 Å². The maximum atomic E-state index is 12.9. The molecule has 42 heavy (non-hydrogen) atoms. The Morgan fingerprint density at radius 2 is 1.48 bits per heavy atom. The molecule has 0 radical (unpaired) electrons. The maximum Gasteiger partial charge on any atom is 0.306 e. The molecule has 0 aromatic rings. The molecule has 5 atom stereocenters. The number of esters is 1. The van der Waals surface area contributed by atoms with Crippen LogP contribution in [0.2, 0.25) is 0 Å². The molecule has 0 aromatic carbocycles. The van der Waals surface area contributed by atoms with Crippen molar-refractivity contribution in [3.05, 3.63) is 12.2 Å². The van der Waals surface area contributed by atoms with E-state index < -0.39 is 42.3 Å². The fourth-order valence-electron chi connectivity index (χ4n) is 5.16. The standard InChI is InChI=1S/C33H60N2O7/c1-5-6-7-8-9-10-11-12-13-14-15-16-17-21-28(36)42-27(23-22-25(2)3)29(37)30(38)31(41-4)33(40)35-26-20-18-19-24-34-32(26)39/h22-23,25-27,29-31,37-38H,5-21,24H2,1-4H3,(H,34,39)(H,35,40). The second-order valence-electron chi connectivity index (χ2n) is 12.1. The molecular formula is C33H60N2O7. The molecule has 9 nitrogen and oxygen atoms in total. The highest BCUT2D eigenvalue weighted by Crippen LogP contribution is 2.17. The van der Waals surface area contributed by atoms with E-state index in [0.29, 0.717) is 19.4 Å². The molecule has 1 aliphatic rings. The topological polar surface area (TPSA) is 134 Å². The van der Waals surface area contributed by atoms with E-state index in [-0.39, 0.29) is 18.2 Å². The number of carbonyl (C=O) groups is 3. The molecule has 1 fully saturated rings. The van der Waals surface area contributed by atoms with Gasteiger partial charge in [0, 0.05) is 20.1 Å². The van der Waals surface area contributed by atoms with Crippen LogP contribution in [0.1, 0.15) is 130 Å². The molecule has 1 rings (SSSR count). The number of hydrogen-bond donors (Lipinski definition) is 4. The van der Waals surface area contributed by atoms with E-state index in [4.69, 9.17) is 9.47 Å². The van der Waals surface area contributed by atoms with Gasteiger partial charge in [-0.1, -0.05) is 104 Å². The summed E-state index contributed by atoms with van der Waals surface area (Å²) in [6, 6.07) is -0.739. The summed E-state index contributed by atoms with van der Waals surface area (Å²) in [6.07, 6.45) is 15.4. The first-order chi connectivity index (χ1) is 20.2. The van der Waals surface area contributed by atoms with Gasteiger partial charge in [-0.2, -0.15) is 0 Å². The minimum Gasteiger partial charge on any atom is -0.455 e. The lowest BCUT2D eigenvalue weighted by molar-refractivity contribution is -0.164. The van der Waals surface area contributed by atoms with Crippen molar-refractivity contribution >= 4 is 17.8 Å². The van der Waals surface area contributed by atoms with Crippen molar-refractivity contribution in [2.45, 2.75) is 160 Å². The predicted octanol–water partition coefficient (Wildman–Crippen LogP) is 5.11. The summed E-state index contributed by atoms with van der Waals surface area (Å²) in [4.78, 5) is 37.8. The highest BCUT2D eigenvalue weighted by molar-refractivity contribution is 5.89. The normalized spacial score (nSPS) is 18.7. The van der Waals surface area contributed by atoms with Crippen LogP contribution in [0.3, 0.4) is 0 Å². The van der Waals surface area contributed by atoms with E-state index in [2.05, 4.69) is 17.6 Å². The van der Waals surface area contributed by atoms with E-state index in [9.17, 15) is 24.6 Å². The van der Waals surface area contributed by atoms with Gasteiger partial charge >= 0.3 is 5.97 Å². The minimum atomic E-state index is -1.69. The molecule has 1 heterocycles. The van der Waals surface area contributed by atoms with Crippen molar-refractivity contribution in [1.82, 2.24) is 10.6 Å². The van der Waals surface area contributed by atoms with Gasteiger partial charge in [0.25, 0.3) is 5.91 Å². The van der Waals surface area contributed by atoms with Gasteiger partial charge in [-0.05, 0) is 37.7 Å². The largest absolute Gasteiger partial charge is 0.455 e. The first-order valence-corrected chi connectivity index (χ1v) is 16.6. The molecule has 244 valence electrons. The zero-order valence-corrected chi connectivity index (χ0v) is 26.8. The Bertz CT molecular complexity index is 773. The van der Waals surface area contributed by atoms with E-state index in [1.165, 1.54) is 71.3 Å². The molecule has 0 spiro atoms. The van der Waals surface area contributed by atoms with Crippen molar-refractivity contribution in [3.8, 4) is 0 Å². The number of methoxy groups -OCH3 is 1. The van der Waals surface area contributed by atoms with Crippen molar-refractivity contribution in [2.75, 3.05) is 13.7 Å². The molecule has 0 aliphatic carbocycles. The first-order valence-electron chi connectivity index (χ1n) is 16.6. The van der Waals surface area contributed by atoms with Gasteiger partial charge in [-0.15, -0.1) is 0 Å². The first kappa shape index (κ1) is 38.1.